The van der Waals surface area contributed by atoms with Crippen LogP contribution in [-0.2, 0) is 4.79 Å². The summed E-state index contributed by atoms with van der Waals surface area (Å²) in [6.07, 6.45) is 2.86. The van der Waals surface area contributed by atoms with Crippen molar-refractivity contribution in [1.82, 2.24) is 25.1 Å². The van der Waals surface area contributed by atoms with Crippen LogP contribution in [0.15, 0.2) is 60.9 Å². The molecule has 1 aliphatic rings. The van der Waals surface area contributed by atoms with Gasteiger partial charge in [-0.3, -0.25) is 9.59 Å². The molecule has 4 aromatic rings. The van der Waals surface area contributed by atoms with Crippen molar-refractivity contribution < 1.29 is 9.59 Å². The Kier molecular flexibility index (Phi) is 5.85. The molecule has 2 aromatic heterocycles. The van der Waals surface area contributed by atoms with Crippen LogP contribution in [0.25, 0.3) is 22.3 Å². The zero-order valence-corrected chi connectivity index (χ0v) is 19.0. The van der Waals surface area contributed by atoms with Gasteiger partial charge in [-0.2, -0.15) is 5.10 Å². The zero-order chi connectivity index (χ0) is 24.4. The molecule has 9 heteroatoms. The third-order valence-corrected chi connectivity index (χ3v) is 6.00. The van der Waals surface area contributed by atoms with Crippen molar-refractivity contribution in [3.8, 4) is 23.1 Å². The summed E-state index contributed by atoms with van der Waals surface area (Å²) in [5, 5.41) is 11.3. The Labute approximate surface area is 201 Å². The van der Waals surface area contributed by atoms with Gasteiger partial charge in [-0.05, 0) is 50.0 Å². The number of aromatic nitrogens is 4. The monoisotopic (exact) mass is 465 g/mol. The van der Waals surface area contributed by atoms with E-state index in [0.717, 1.165) is 24.1 Å². The first-order valence-electron chi connectivity index (χ1n) is 11.2. The van der Waals surface area contributed by atoms with E-state index in [0.29, 0.717) is 28.1 Å². The molecular formula is C26H23N7O2. The van der Waals surface area contributed by atoms with Crippen LogP contribution in [0.3, 0.4) is 0 Å². The lowest BCUT2D eigenvalue weighted by molar-refractivity contribution is -0.117. The number of carbonyl (C=O) groups is 2. The smallest absolute Gasteiger partial charge is 0.296 e. The van der Waals surface area contributed by atoms with Crippen molar-refractivity contribution >= 4 is 34.4 Å². The molecule has 0 radical (unpaired) electrons. The molecule has 2 amide bonds. The van der Waals surface area contributed by atoms with Gasteiger partial charge in [-0.1, -0.05) is 36.3 Å². The number of nitrogen functional groups attached to an aromatic ring is 1. The van der Waals surface area contributed by atoms with E-state index in [1.54, 1.807) is 19.1 Å². The highest BCUT2D eigenvalue weighted by Gasteiger charge is 2.34. The Balaban J connectivity index is 1.39. The van der Waals surface area contributed by atoms with Crippen molar-refractivity contribution in [2.24, 2.45) is 0 Å². The normalized spacial score (nSPS) is 16.6. The summed E-state index contributed by atoms with van der Waals surface area (Å²) in [6, 6.07) is 16.6. The van der Waals surface area contributed by atoms with E-state index >= 15 is 0 Å². The first kappa shape index (κ1) is 22.1. The molecule has 4 N–H and O–H groups in total. The van der Waals surface area contributed by atoms with E-state index in [-0.39, 0.29) is 23.9 Å². The number of para-hydroxylation sites is 1. The maximum Gasteiger partial charge on any atom is 0.296 e. The largest absolute Gasteiger partial charge is 0.383 e. The minimum atomic E-state index is -0.273. The molecule has 5 rings (SSSR count). The predicted molar refractivity (Wildman–Crippen MR) is 133 cm³/mol. The number of amides is 2. The second kappa shape index (κ2) is 9.27. The fourth-order valence-electron chi connectivity index (χ4n) is 4.20. The number of hydrogen-bond acceptors (Lipinski definition) is 6. The number of nitrogens with one attached hydrogen (secondary N) is 2. The fraction of sp³-hybridized carbons (Fsp3) is 0.192. The molecule has 1 fully saturated rings. The predicted octanol–water partition coefficient (Wildman–Crippen LogP) is 3.17. The highest BCUT2D eigenvalue weighted by molar-refractivity contribution is 6.05. The lowest BCUT2D eigenvalue weighted by Gasteiger charge is -2.35. The molecule has 0 spiro atoms. The molecule has 0 saturated heterocycles. The molecule has 1 saturated carbocycles. The van der Waals surface area contributed by atoms with Crippen LogP contribution in [0.4, 0.5) is 11.5 Å². The fourth-order valence-corrected chi connectivity index (χ4v) is 4.20. The average molecular weight is 466 g/mol. The zero-order valence-electron chi connectivity index (χ0n) is 19.0. The minimum absolute atomic E-state index is 0.0395. The Hall–Kier alpha value is -4.71. The molecule has 0 bridgehead atoms. The van der Waals surface area contributed by atoms with Gasteiger partial charge < -0.3 is 16.4 Å². The number of fused-ring (bicyclic) bond motifs is 1. The standard InChI is InChI=1S/C26H23N7O2/c1-2-6-21(34)30-19-13-20(14-19)33-25-22(24(27)28-15-29-25)23(32-33)16-9-11-17(12-10-16)26(35)31-18-7-4-3-5-8-18/h3-5,7-12,15,19-20H,13-14H2,1H3,(H,30,34)(H,31,35)(H2,27,28,29)/t19-,20+. The Morgan fingerprint density at radius 3 is 2.51 bits per heavy atom. The van der Waals surface area contributed by atoms with Crippen LogP contribution in [0.1, 0.15) is 36.2 Å². The number of anilines is 2. The van der Waals surface area contributed by atoms with Crippen LogP contribution in [0.5, 0.6) is 0 Å². The third-order valence-electron chi connectivity index (χ3n) is 6.00. The topological polar surface area (TPSA) is 128 Å². The van der Waals surface area contributed by atoms with Gasteiger partial charge in [-0.25, -0.2) is 14.6 Å². The molecule has 9 nitrogen and oxygen atoms in total. The summed E-state index contributed by atoms with van der Waals surface area (Å²) >= 11 is 0. The van der Waals surface area contributed by atoms with Gasteiger partial charge in [0, 0.05) is 22.9 Å². The SMILES string of the molecule is CC#CC(=O)N[C@H]1C[C@@H](n2nc(-c3ccc(C(=O)Nc4ccccc4)cc3)c3c(N)ncnc32)C1. The molecule has 0 unspecified atom stereocenters. The van der Waals surface area contributed by atoms with E-state index in [4.69, 9.17) is 10.8 Å². The van der Waals surface area contributed by atoms with Crippen LogP contribution in [-0.4, -0.2) is 37.6 Å². The quantitative estimate of drug-likeness (QED) is 0.389. The summed E-state index contributed by atoms with van der Waals surface area (Å²) in [6.45, 7) is 1.63. The van der Waals surface area contributed by atoms with Crippen LogP contribution >= 0.6 is 0 Å². The number of rotatable bonds is 5. The third kappa shape index (κ3) is 4.42. The van der Waals surface area contributed by atoms with Crippen molar-refractivity contribution in [3.63, 3.8) is 0 Å². The molecular weight excluding hydrogens is 442 g/mol. The molecule has 1 aliphatic carbocycles. The van der Waals surface area contributed by atoms with Crippen LogP contribution in [0, 0.1) is 11.8 Å². The molecule has 0 aliphatic heterocycles. The van der Waals surface area contributed by atoms with Gasteiger partial charge in [-0.15, -0.1) is 0 Å². The molecule has 2 aromatic carbocycles. The van der Waals surface area contributed by atoms with E-state index in [9.17, 15) is 9.59 Å². The van der Waals surface area contributed by atoms with Crippen molar-refractivity contribution in [3.05, 3.63) is 66.5 Å². The average Bonchev–Trinajstić information content (AvgIpc) is 3.22. The van der Waals surface area contributed by atoms with Gasteiger partial charge in [0.2, 0.25) is 0 Å². The second-order valence-corrected chi connectivity index (χ2v) is 8.32. The van der Waals surface area contributed by atoms with E-state index < -0.39 is 0 Å². The maximum atomic E-state index is 12.6. The number of carbonyl (C=O) groups excluding carboxylic acids is 2. The van der Waals surface area contributed by atoms with Gasteiger partial charge in [0.1, 0.15) is 17.8 Å². The van der Waals surface area contributed by atoms with Crippen molar-refractivity contribution in [1.29, 1.82) is 0 Å². The Bertz CT molecular complexity index is 1460. The van der Waals surface area contributed by atoms with E-state index in [2.05, 4.69) is 32.4 Å². The summed E-state index contributed by atoms with van der Waals surface area (Å²) in [5.41, 5.74) is 9.56. The molecule has 2 heterocycles. The number of nitrogens with two attached hydrogens (primary N) is 1. The first-order valence-corrected chi connectivity index (χ1v) is 11.2. The molecule has 174 valence electrons. The van der Waals surface area contributed by atoms with Gasteiger partial charge in [0.25, 0.3) is 11.8 Å². The van der Waals surface area contributed by atoms with Gasteiger partial charge in [0.15, 0.2) is 5.65 Å². The lowest BCUT2D eigenvalue weighted by Crippen LogP contribution is -2.44. The second-order valence-electron chi connectivity index (χ2n) is 8.32. The van der Waals surface area contributed by atoms with Gasteiger partial charge in [0.05, 0.1) is 11.4 Å². The van der Waals surface area contributed by atoms with Crippen molar-refractivity contribution in [2.75, 3.05) is 11.1 Å². The highest BCUT2D eigenvalue weighted by Crippen LogP contribution is 2.38. The first-order chi connectivity index (χ1) is 17.0. The summed E-state index contributed by atoms with van der Waals surface area (Å²) in [4.78, 5) is 32.9. The number of benzene rings is 2. The molecule has 0 atom stereocenters. The molecule has 35 heavy (non-hydrogen) atoms. The maximum absolute atomic E-state index is 12.6. The highest BCUT2D eigenvalue weighted by atomic mass is 16.2. The number of nitrogens with zero attached hydrogens (tertiary/aromatic N) is 4. The number of hydrogen-bond donors (Lipinski definition) is 3. The van der Waals surface area contributed by atoms with E-state index in [1.165, 1.54) is 6.33 Å². The van der Waals surface area contributed by atoms with Crippen LogP contribution < -0.4 is 16.4 Å². The lowest BCUT2D eigenvalue weighted by atomic mass is 9.87. The summed E-state index contributed by atoms with van der Waals surface area (Å²) < 4.78 is 1.85. The van der Waals surface area contributed by atoms with Crippen molar-refractivity contribution in [2.45, 2.75) is 31.8 Å². The summed E-state index contributed by atoms with van der Waals surface area (Å²) in [5.74, 6) is 4.97. The van der Waals surface area contributed by atoms with Gasteiger partial charge >= 0.3 is 0 Å². The summed E-state index contributed by atoms with van der Waals surface area (Å²) in [7, 11) is 0. The van der Waals surface area contributed by atoms with Crippen LogP contribution in [0.2, 0.25) is 0 Å². The minimum Gasteiger partial charge on any atom is -0.383 e. The Morgan fingerprint density at radius 1 is 1.06 bits per heavy atom. The van der Waals surface area contributed by atoms with E-state index in [1.807, 2.05) is 47.1 Å². The Morgan fingerprint density at radius 2 is 1.80 bits per heavy atom.